The predicted molar refractivity (Wildman–Crippen MR) is 155 cm³/mol. The van der Waals surface area contributed by atoms with E-state index in [1.807, 2.05) is 51.1 Å². The summed E-state index contributed by atoms with van der Waals surface area (Å²) in [6.45, 7) is 15.9. The van der Waals surface area contributed by atoms with Crippen LogP contribution in [-0.2, 0) is 20.9 Å². The smallest absolute Gasteiger partial charge is 0.306 e. The van der Waals surface area contributed by atoms with Crippen molar-refractivity contribution in [3.05, 3.63) is 65.7 Å². The number of piperidine rings is 1. The van der Waals surface area contributed by atoms with Crippen LogP contribution in [0.25, 0.3) is 0 Å². The molecule has 2 unspecified atom stereocenters. The number of carbonyl (C=O) groups is 2. The molecule has 2 aromatic carbocycles. The maximum Gasteiger partial charge on any atom is 0.306 e. The van der Waals surface area contributed by atoms with Crippen molar-refractivity contribution < 1.29 is 19.1 Å². The topological polar surface area (TPSA) is 55.8 Å². The number of Topliss-reactive ketones (excluding diaryl/α,β-unsaturated/α-hetero) is 1. The van der Waals surface area contributed by atoms with Gasteiger partial charge < -0.3 is 9.47 Å². The van der Waals surface area contributed by atoms with Gasteiger partial charge in [0.15, 0.2) is 5.78 Å². The number of aryl methyl sites for hydroxylation is 1. The van der Waals surface area contributed by atoms with Gasteiger partial charge in [-0.2, -0.15) is 0 Å². The summed E-state index contributed by atoms with van der Waals surface area (Å²) in [6.07, 6.45) is 4.79. The first-order valence-corrected chi connectivity index (χ1v) is 14.2. The van der Waals surface area contributed by atoms with E-state index in [4.69, 9.17) is 9.47 Å². The first kappa shape index (κ1) is 31.6. The molecule has 1 saturated heterocycles. The third-order valence-electron chi connectivity index (χ3n) is 6.67. The van der Waals surface area contributed by atoms with Crippen molar-refractivity contribution in [3.63, 3.8) is 0 Å². The lowest BCUT2D eigenvalue weighted by Gasteiger charge is -2.40. The fraction of sp³-hybridized carbons (Fsp3) is 0.576. The van der Waals surface area contributed by atoms with Gasteiger partial charge in [-0.3, -0.25) is 14.5 Å². The van der Waals surface area contributed by atoms with Gasteiger partial charge in [-0.25, -0.2) is 0 Å². The second-order valence-electron chi connectivity index (χ2n) is 11.9. The van der Waals surface area contributed by atoms with Crippen molar-refractivity contribution in [2.75, 3.05) is 6.54 Å². The molecule has 0 N–H and O–H groups in total. The van der Waals surface area contributed by atoms with Gasteiger partial charge in [0.2, 0.25) is 0 Å². The standard InChI is InChI=1S/C19H35NO3.C14H14O/c1-14(2)12-13-20-15(3)8-7-9-16(20)17(21)10-11-18(22)23-19(4,5)6;1-12-7-9-14(10-8-12)15-11-13-5-3-2-4-6-13/h14-16H,7-13H2,1-6H3;2-10H,11H2,1H3. The van der Waals surface area contributed by atoms with Gasteiger partial charge in [-0.15, -0.1) is 0 Å². The van der Waals surface area contributed by atoms with Gasteiger partial charge in [0.1, 0.15) is 18.0 Å². The van der Waals surface area contributed by atoms with Crippen molar-refractivity contribution in [1.29, 1.82) is 0 Å². The molecule has 2 aromatic rings. The summed E-state index contributed by atoms with van der Waals surface area (Å²) in [5.41, 5.74) is 1.96. The van der Waals surface area contributed by atoms with Gasteiger partial charge in [0.05, 0.1) is 12.5 Å². The van der Waals surface area contributed by atoms with E-state index in [-0.39, 0.29) is 24.2 Å². The number of ether oxygens (including phenoxy) is 2. The lowest BCUT2D eigenvalue weighted by molar-refractivity contribution is -0.156. The Kier molecular flexibility index (Phi) is 13.0. The van der Waals surface area contributed by atoms with Crippen molar-refractivity contribution in [2.45, 2.75) is 111 Å². The zero-order valence-electron chi connectivity index (χ0n) is 24.7. The average Bonchev–Trinajstić information content (AvgIpc) is 2.86. The lowest BCUT2D eigenvalue weighted by atomic mass is 9.91. The molecular weight excluding hydrogens is 474 g/mol. The maximum absolute atomic E-state index is 12.6. The number of ketones is 1. The second-order valence-corrected chi connectivity index (χ2v) is 11.9. The van der Waals surface area contributed by atoms with Crippen LogP contribution < -0.4 is 4.74 Å². The summed E-state index contributed by atoms with van der Waals surface area (Å²) >= 11 is 0. The lowest BCUT2D eigenvalue weighted by Crippen LogP contribution is -2.49. The number of nitrogens with zero attached hydrogens (tertiary/aromatic N) is 1. The van der Waals surface area contributed by atoms with Gasteiger partial charge in [0.25, 0.3) is 0 Å². The molecule has 0 saturated carbocycles. The zero-order valence-corrected chi connectivity index (χ0v) is 24.7. The van der Waals surface area contributed by atoms with E-state index in [1.165, 1.54) is 11.1 Å². The number of hydrogen-bond acceptors (Lipinski definition) is 5. The second kappa shape index (κ2) is 15.7. The van der Waals surface area contributed by atoms with Crippen LogP contribution in [0, 0.1) is 12.8 Å². The van der Waals surface area contributed by atoms with Crippen LogP contribution in [0.4, 0.5) is 0 Å². The molecule has 1 aliphatic rings. The molecule has 38 heavy (non-hydrogen) atoms. The normalized spacial score (nSPS) is 17.9. The number of hydrogen-bond donors (Lipinski definition) is 0. The Bertz CT molecular complexity index is 963. The fourth-order valence-corrected chi connectivity index (χ4v) is 4.53. The molecule has 0 radical (unpaired) electrons. The molecule has 2 atom stereocenters. The molecule has 1 heterocycles. The van der Waals surface area contributed by atoms with Gasteiger partial charge in [-0.1, -0.05) is 61.9 Å². The fourth-order valence-electron chi connectivity index (χ4n) is 4.53. The Morgan fingerprint density at radius 3 is 2.24 bits per heavy atom. The third kappa shape index (κ3) is 12.3. The quantitative estimate of drug-likeness (QED) is 0.301. The summed E-state index contributed by atoms with van der Waals surface area (Å²) in [7, 11) is 0. The Hall–Kier alpha value is -2.66. The molecule has 5 heteroatoms. The molecule has 1 fully saturated rings. The number of benzene rings is 2. The number of likely N-dealkylation sites (tertiary alicyclic amines) is 1. The van der Waals surface area contributed by atoms with Crippen molar-refractivity contribution in [2.24, 2.45) is 5.92 Å². The van der Waals surface area contributed by atoms with Crippen LogP contribution in [0.1, 0.15) is 91.2 Å². The maximum atomic E-state index is 12.6. The minimum atomic E-state index is -0.483. The van der Waals surface area contributed by atoms with Crippen LogP contribution in [0.15, 0.2) is 54.6 Å². The van der Waals surface area contributed by atoms with Crippen molar-refractivity contribution in [1.82, 2.24) is 4.90 Å². The van der Waals surface area contributed by atoms with Crippen LogP contribution in [-0.4, -0.2) is 40.9 Å². The van der Waals surface area contributed by atoms with E-state index in [9.17, 15) is 9.59 Å². The van der Waals surface area contributed by atoms with Crippen molar-refractivity contribution >= 4 is 11.8 Å². The first-order valence-electron chi connectivity index (χ1n) is 14.2. The van der Waals surface area contributed by atoms with E-state index in [1.54, 1.807) is 0 Å². The molecule has 0 amide bonds. The molecule has 0 bridgehead atoms. The van der Waals surface area contributed by atoms with Crippen LogP contribution in [0.3, 0.4) is 0 Å². The Labute approximate surface area is 230 Å². The molecular formula is C33H49NO4. The van der Waals surface area contributed by atoms with Gasteiger partial charge in [0, 0.05) is 12.5 Å². The van der Waals surface area contributed by atoms with Crippen LogP contribution >= 0.6 is 0 Å². The van der Waals surface area contributed by atoms with Gasteiger partial charge >= 0.3 is 5.97 Å². The highest BCUT2D eigenvalue weighted by Gasteiger charge is 2.32. The molecule has 0 spiro atoms. The number of rotatable bonds is 10. The van der Waals surface area contributed by atoms with Crippen molar-refractivity contribution in [3.8, 4) is 5.75 Å². The predicted octanol–water partition coefficient (Wildman–Crippen LogP) is 7.54. The number of carbonyl (C=O) groups excluding carboxylic acids is 2. The minimum Gasteiger partial charge on any atom is -0.489 e. The largest absolute Gasteiger partial charge is 0.489 e. The highest BCUT2D eigenvalue weighted by Crippen LogP contribution is 2.25. The van der Waals surface area contributed by atoms with E-state index >= 15 is 0 Å². The molecule has 1 aliphatic heterocycles. The average molecular weight is 524 g/mol. The Balaban J connectivity index is 0.000000290. The van der Waals surface area contributed by atoms with Crippen LogP contribution in [0.5, 0.6) is 5.75 Å². The monoisotopic (exact) mass is 523 g/mol. The van der Waals surface area contributed by atoms with E-state index < -0.39 is 5.60 Å². The highest BCUT2D eigenvalue weighted by molar-refractivity contribution is 5.87. The number of esters is 1. The zero-order chi connectivity index (χ0) is 28.1. The summed E-state index contributed by atoms with van der Waals surface area (Å²) < 4.78 is 10.9. The molecule has 210 valence electrons. The summed E-state index contributed by atoms with van der Waals surface area (Å²) in [6, 6.07) is 18.7. The SMILES string of the molecule is CC(C)CCN1C(C)CCCC1C(=O)CCC(=O)OC(C)(C)C.Cc1ccc(OCc2ccccc2)cc1. The first-order chi connectivity index (χ1) is 17.9. The molecule has 5 nitrogen and oxygen atoms in total. The van der Waals surface area contributed by atoms with Crippen LogP contribution in [0.2, 0.25) is 0 Å². The van der Waals surface area contributed by atoms with E-state index in [0.717, 1.165) is 38.0 Å². The van der Waals surface area contributed by atoms with E-state index in [0.29, 0.717) is 25.0 Å². The molecule has 3 rings (SSSR count). The minimum absolute atomic E-state index is 0.0139. The Morgan fingerprint density at radius 2 is 1.63 bits per heavy atom. The summed E-state index contributed by atoms with van der Waals surface area (Å²) in [5, 5.41) is 0. The highest BCUT2D eigenvalue weighted by atomic mass is 16.6. The summed E-state index contributed by atoms with van der Waals surface area (Å²) in [4.78, 5) is 26.8. The third-order valence-corrected chi connectivity index (χ3v) is 6.67. The Morgan fingerprint density at radius 1 is 0.974 bits per heavy atom. The van der Waals surface area contributed by atoms with Gasteiger partial charge in [-0.05, 0) is 90.5 Å². The van der Waals surface area contributed by atoms with E-state index in [2.05, 4.69) is 56.9 Å². The summed E-state index contributed by atoms with van der Waals surface area (Å²) in [5.74, 6) is 1.49. The molecule has 0 aliphatic carbocycles. The molecule has 0 aromatic heterocycles.